The molecule has 7 heteroatoms. The lowest BCUT2D eigenvalue weighted by atomic mass is 9.88. The van der Waals surface area contributed by atoms with E-state index in [2.05, 4.69) is 10.6 Å². The van der Waals surface area contributed by atoms with Crippen LogP contribution in [0.25, 0.3) is 10.8 Å². The number of imide groups is 1. The first-order chi connectivity index (χ1) is 13.9. The molecule has 2 unspecified atom stereocenters. The van der Waals surface area contributed by atoms with E-state index in [0.717, 1.165) is 20.5 Å². The second-order valence-corrected chi connectivity index (χ2v) is 8.26. The van der Waals surface area contributed by atoms with E-state index in [9.17, 15) is 14.4 Å². The summed E-state index contributed by atoms with van der Waals surface area (Å²) < 4.78 is 0. The van der Waals surface area contributed by atoms with Crippen molar-refractivity contribution in [2.24, 2.45) is 0 Å². The van der Waals surface area contributed by atoms with E-state index in [1.165, 1.54) is 0 Å². The van der Waals surface area contributed by atoms with Gasteiger partial charge in [0, 0.05) is 4.88 Å². The zero-order valence-electron chi connectivity index (χ0n) is 16.1. The van der Waals surface area contributed by atoms with Crippen molar-refractivity contribution in [3.63, 3.8) is 0 Å². The van der Waals surface area contributed by atoms with Crippen LogP contribution in [-0.4, -0.2) is 29.3 Å². The van der Waals surface area contributed by atoms with Gasteiger partial charge in [-0.3, -0.25) is 14.5 Å². The lowest BCUT2D eigenvalue weighted by Crippen LogP contribution is -2.43. The van der Waals surface area contributed by atoms with Gasteiger partial charge in [0.15, 0.2) is 0 Å². The van der Waals surface area contributed by atoms with Crippen molar-refractivity contribution in [1.82, 2.24) is 15.5 Å². The normalized spacial score (nSPS) is 20.0. The Morgan fingerprint density at radius 3 is 2.66 bits per heavy atom. The molecule has 29 heavy (non-hydrogen) atoms. The van der Waals surface area contributed by atoms with Gasteiger partial charge in [-0.15, -0.1) is 11.3 Å². The lowest BCUT2D eigenvalue weighted by molar-refractivity contribution is -0.135. The number of carbonyl (C=O) groups excluding carboxylic acids is 3. The molecule has 2 atom stereocenters. The molecular formula is C22H21N3O3S. The molecule has 148 valence electrons. The molecule has 1 aromatic heterocycles. The van der Waals surface area contributed by atoms with Crippen molar-refractivity contribution in [3.05, 3.63) is 70.4 Å². The molecule has 3 aromatic rings. The van der Waals surface area contributed by atoms with E-state index in [1.807, 2.05) is 66.9 Å². The van der Waals surface area contributed by atoms with Gasteiger partial charge in [0.2, 0.25) is 5.91 Å². The molecule has 6 nitrogen and oxygen atoms in total. The first-order valence-corrected chi connectivity index (χ1v) is 10.2. The molecule has 2 heterocycles. The van der Waals surface area contributed by atoms with Gasteiger partial charge in [-0.25, -0.2) is 4.79 Å². The Hall–Kier alpha value is -3.19. The summed E-state index contributed by atoms with van der Waals surface area (Å²) in [5, 5.41) is 9.44. The number of nitrogens with one attached hydrogen (secondary N) is 2. The SMILES string of the molecule is CC(NC(=O)CN1C(=O)NC(C)(c2cccc3ccccc23)C1=O)c1cccs1. The van der Waals surface area contributed by atoms with Crippen LogP contribution in [0.5, 0.6) is 0 Å². The van der Waals surface area contributed by atoms with Crippen LogP contribution in [0.2, 0.25) is 0 Å². The predicted octanol–water partition coefficient (Wildman–Crippen LogP) is 3.55. The van der Waals surface area contributed by atoms with Crippen molar-refractivity contribution in [3.8, 4) is 0 Å². The van der Waals surface area contributed by atoms with Gasteiger partial charge in [0.1, 0.15) is 12.1 Å². The summed E-state index contributed by atoms with van der Waals surface area (Å²) in [6.07, 6.45) is 0. The number of urea groups is 1. The molecule has 0 spiro atoms. The van der Waals surface area contributed by atoms with Crippen LogP contribution in [0.4, 0.5) is 4.79 Å². The maximum atomic E-state index is 13.2. The van der Waals surface area contributed by atoms with Crippen LogP contribution in [0.3, 0.4) is 0 Å². The fraction of sp³-hybridized carbons (Fsp3) is 0.227. The van der Waals surface area contributed by atoms with E-state index < -0.39 is 17.5 Å². The number of fused-ring (bicyclic) bond motifs is 1. The van der Waals surface area contributed by atoms with Crippen LogP contribution in [0.15, 0.2) is 60.0 Å². The highest BCUT2D eigenvalue weighted by Gasteiger charge is 2.50. The van der Waals surface area contributed by atoms with E-state index in [0.29, 0.717) is 5.56 Å². The molecule has 2 N–H and O–H groups in total. The summed E-state index contributed by atoms with van der Waals surface area (Å²) in [5.41, 5.74) is -0.513. The molecule has 4 amide bonds. The third kappa shape index (κ3) is 3.38. The maximum absolute atomic E-state index is 13.2. The third-order valence-corrected chi connectivity index (χ3v) is 6.31. The minimum absolute atomic E-state index is 0.187. The Morgan fingerprint density at radius 1 is 1.14 bits per heavy atom. The number of thiophene rings is 1. The summed E-state index contributed by atoms with van der Waals surface area (Å²) in [6.45, 7) is 3.23. The average molecular weight is 407 g/mol. The second kappa shape index (κ2) is 7.33. The van der Waals surface area contributed by atoms with Crippen LogP contribution in [-0.2, 0) is 15.1 Å². The molecule has 1 aliphatic rings. The molecule has 0 saturated carbocycles. The Kier molecular flexibility index (Phi) is 4.84. The van der Waals surface area contributed by atoms with Crippen LogP contribution < -0.4 is 10.6 Å². The van der Waals surface area contributed by atoms with Gasteiger partial charge in [0.25, 0.3) is 5.91 Å². The molecule has 4 rings (SSSR count). The first-order valence-electron chi connectivity index (χ1n) is 9.35. The number of hydrogen-bond acceptors (Lipinski definition) is 4. The van der Waals surface area contributed by atoms with Gasteiger partial charge >= 0.3 is 6.03 Å². The van der Waals surface area contributed by atoms with Crippen molar-refractivity contribution >= 4 is 40.0 Å². The predicted molar refractivity (Wildman–Crippen MR) is 112 cm³/mol. The number of carbonyl (C=O) groups is 3. The Labute approximate surface area is 172 Å². The smallest absolute Gasteiger partial charge is 0.325 e. The standard InChI is InChI=1S/C22H21N3O3S/c1-14(18-11-6-12-29-18)23-19(26)13-25-20(27)22(2,24-21(25)28)17-10-5-8-15-7-3-4-9-16(15)17/h3-12,14H,13H2,1-2H3,(H,23,26)(H,24,28). The topological polar surface area (TPSA) is 78.5 Å². The molecule has 1 aliphatic heterocycles. The first kappa shape index (κ1) is 19.1. The largest absolute Gasteiger partial charge is 0.347 e. The Morgan fingerprint density at radius 2 is 1.90 bits per heavy atom. The highest BCUT2D eigenvalue weighted by atomic mass is 32.1. The quantitative estimate of drug-likeness (QED) is 0.635. The fourth-order valence-corrected chi connectivity index (χ4v) is 4.46. The maximum Gasteiger partial charge on any atom is 0.325 e. The molecule has 0 bridgehead atoms. The van der Waals surface area contributed by atoms with Gasteiger partial charge in [-0.2, -0.15) is 0 Å². The highest BCUT2D eigenvalue weighted by Crippen LogP contribution is 2.33. The van der Waals surface area contributed by atoms with Gasteiger partial charge in [-0.05, 0) is 41.6 Å². The Balaban J connectivity index is 1.56. The van der Waals surface area contributed by atoms with Gasteiger partial charge in [-0.1, -0.05) is 48.5 Å². The highest BCUT2D eigenvalue weighted by molar-refractivity contribution is 7.10. The number of benzene rings is 2. The summed E-state index contributed by atoms with van der Waals surface area (Å²) in [5.74, 6) is -0.811. The second-order valence-electron chi connectivity index (χ2n) is 7.28. The molecular weight excluding hydrogens is 386 g/mol. The summed E-state index contributed by atoms with van der Waals surface area (Å²) in [7, 11) is 0. The Bertz CT molecular complexity index is 1090. The number of hydrogen-bond donors (Lipinski definition) is 2. The van der Waals surface area contributed by atoms with Crippen molar-refractivity contribution in [2.75, 3.05) is 6.54 Å². The van der Waals surface area contributed by atoms with E-state index >= 15 is 0 Å². The summed E-state index contributed by atoms with van der Waals surface area (Å²) in [4.78, 5) is 40.2. The van der Waals surface area contributed by atoms with Crippen molar-refractivity contribution in [2.45, 2.75) is 25.4 Å². The minimum Gasteiger partial charge on any atom is -0.347 e. The van der Waals surface area contributed by atoms with Crippen LogP contribution >= 0.6 is 11.3 Å². The number of amides is 4. The molecule has 0 aliphatic carbocycles. The number of nitrogens with zero attached hydrogens (tertiary/aromatic N) is 1. The van der Waals surface area contributed by atoms with Crippen molar-refractivity contribution in [1.29, 1.82) is 0 Å². The van der Waals surface area contributed by atoms with Crippen molar-refractivity contribution < 1.29 is 14.4 Å². The molecule has 1 fully saturated rings. The molecule has 2 aromatic carbocycles. The summed E-state index contributed by atoms with van der Waals surface area (Å²) >= 11 is 1.54. The van der Waals surface area contributed by atoms with Gasteiger partial charge in [0.05, 0.1) is 6.04 Å². The average Bonchev–Trinajstić information content (AvgIpc) is 3.32. The molecule has 0 radical (unpaired) electrons. The zero-order valence-corrected chi connectivity index (χ0v) is 17.0. The van der Waals surface area contributed by atoms with Crippen LogP contribution in [0, 0.1) is 0 Å². The fourth-order valence-electron chi connectivity index (χ4n) is 3.72. The monoisotopic (exact) mass is 407 g/mol. The molecule has 1 saturated heterocycles. The third-order valence-electron chi connectivity index (χ3n) is 5.25. The summed E-state index contributed by atoms with van der Waals surface area (Å²) in [6, 6.07) is 16.5. The van der Waals surface area contributed by atoms with Gasteiger partial charge < -0.3 is 10.6 Å². The number of rotatable bonds is 5. The van der Waals surface area contributed by atoms with E-state index in [-0.39, 0.29) is 18.5 Å². The lowest BCUT2D eigenvalue weighted by Gasteiger charge is -2.24. The van der Waals surface area contributed by atoms with Crippen LogP contribution in [0.1, 0.15) is 30.3 Å². The minimum atomic E-state index is -1.22. The zero-order chi connectivity index (χ0) is 20.6. The van der Waals surface area contributed by atoms with E-state index in [1.54, 1.807) is 18.3 Å². The van der Waals surface area contributed by atoms with E-state index in [4.69, 9.17) is 0 Å².